The first kappa shape index (κ1) is 22.1. The summed E-state index contributed by atoms with van der Waals surface area (Å²) in [6.07, 6.45) is -5.75. The van der Waals surface area contributed by atoms with E-state index in [4.69, 9.17) is 4.74 Å². The Bertz CT molecular complexity index is 972. The molecule has 10 nitrogen and oxygen atoms in total. The highest BCUT2D eigenvalue weighted by Gasteiger charge is 2.57. The summed E-state index contributed by atoms with van der Waals surface area (Å²) in [5.74, 6) is 1.64. The average molecular weight is 455 g/mol. The minimum atomic E-state index is -4.62. The summed E-state index contributed by atoms with van der Waals surface area (Å²) < 4.78 is 49.0. The first-order valence-corrected chi connectivity index (χ1v) is 10.1. The molecule has 2 aromatic heterocycles. The molecule has 0 aromatic carbocycles. The predicted octanol–water partition coefficient (Wildman–Crippen LogP) is 2.62. The molecular weight excluding hydrogens is 431 g/mol. The maximum absolute atomic E-state index is 12.8. The van der Waals surface area contributed by atoms with Gasteiger partial charge in [0.2, 0.25) is 5.95 Å². The Morgan fingerprint density at radius 1 is 1.41 bits per heavy atom. The first-order chi connectivity index (χ1) is 15.1. The van der Waals surface area contributed by atoms with Gasteiger partial charge >= 0.3 is 12.3 Å². The summed E-state index contributed by atoms with van der Waals surface area (Å²) in [6, 6.07) is 3.03. The molecule has 0 unspecified atom stereocenters. The summed E-state index contributed by atoms with van der Waals surface area (Å²) in [4.78, 5) is 24.7. The van der Waals surface area contributed by atoms with Gasteiger partial charge in [-0.3, -0.25) is 5.10 Å². The number of rotatable bonds is 5. The van der Waals surface area contributed by atoms with E-state index in [0.29, 0.717) is 37.1 Å². The number of aromatic amines is 1. The summed E-state index contributed by atoms with van der Waals surface area (Å²) in [6.45, 7) is 3.58. The molecule has 0 radical (unpaired) electrons. The molecule has 0 saturated carbocycles. The summed E-state index contributed by atoms with van der Waals surface area (Å²) >= 11 is 0. The molecule has 2 fully saturated rings. The zero-order valence-electron chi connectivity index (χ0n) is 17.8. The molecule has 3 atom stereocenters. The maximum Gasteiger partial charge on any atom is 0.425 e. The topological polar surface area (TPSA) is 108 Å². The van der Waals surface area contributed by atoms with Crippen LogP contribution in [0.25, 0.3) is 0 Å². The Balaban J connectivity index is 1.53. The van der Waals surface area contributed by atoms with Gasteiger partial charge in [-0.2, -0.15) is 23.3 Å². The number of likely N-dealkylation sites (tertiary alicyclic amines) is 1. The van der Waals surface area contributed by atoms with Crippen molar-refractivity contribution in [2.45, 2.75) is 44.2 Å². The maximum atomic E-state index is 12.8. The largest absolute Gasteiger partial charge is 0.437 e. The van der Waals surface area contributed by atoms with E-state index < -0.39 is 30.0 Å². The predicted molar refractivity (Wildman–Crippen MR) is 108 cm³/mol. The first-order valence-electron chi connectivity index (χ1n) is 10.1. The van der Waals surface area contributed by atoms with Crippen LogP contribution < -0.4 is 10.2 Å². The van der Waals surface area contributed by atoms with Crippen molar-refractivity contribution in [2.24, 2.45) is 0 Å². The number of halogens is 3. The van der Waals surface area contributed by atoms with Crippen molar-refractivity contribution in [3.63, 3.8) is 0 Å². The fourth-order valence-electron chi connectivity index (χ4n) is 4.14. The second-order valence-electron chi connectivity index (χ2n) is 7.97. The van der Waals surface area contributed by atoms with Crippen LogP contribution in [-0.4, -0.2) is 81.8 Å². The van der Waals surface area contributed by atoms with E-state index >= 15 is 0 Å². The zero-order valence-corrected chi connectivity index (χ0v) is 17.8. The molecule has 174 valence electrons. The number of alkyl halides is 3. The number of hydrogen-bond acceptors (Lipinski definition) is 8. The number of anilines is 3. The van der Waals surface area contributed by atoms with Gasteiger partial charge in [0, 0.05) is 38.0 Å². The van der Waals surface area contributed by atoms with E-state index in [0.717, 1.165) is 12.6 Å². The average Bonchev–Trinajstić information content (AvgIpc) is 3.42. The number of ether oxygens (including phenoxy) is 2. The quantitative estimate of drug-likeness (QED) is 0.709. The Hall–Kier alpha value is -3.09. The summed E-state index contributed by atoms with van der Waals surface area (Å²) in [5, 5.41) is 9.78. The Kier molecular flexibility index (Phi) is 5.61. The molecule has 2 N–H and O–H groups in total. The number of nitrogens with zero attached hydrogens (tertiary/aromatic N) is 5. The number of carbonyl (C=O) groups is 1. The lowest BCUT2D eigenvalue weighted by molar-refractivity contribution is -0.200. The number of aryl methyl sites for hydroxylation is 1. The fraction of sp³-hybridized carbons (Fsp3) is 0.579. The molecule has 4 heterocycles. The Labute approximate surface area is 182 Å². The highest BCUT2D eigenvalue weighted by molar-refractivity contribution is 5.70. The molecule has 32 heavy (non-hydrogen) atoms. The normalized spacial score (nSPS) is 23.9. The van der Waals surface area contributed by atoms with Gasteiger partial charge < -0.3 is 24.6 Å². The fourth-order valence-corrected chi connectivity index (χ4v) is 4.14. The van der Waals surface area contributed by atoms with E-state index in [-0.39, 0.29) is 6.54 Å². The molecule has 1 amide bonds. The van der Waals surface area contributed by atoms with Gasteiger partial charge in [-0.05, 0) is 20.3 Å². The van der Waals surface area contributed by atoms with Gasteiger partial charge in [0.1, 0.15) is 17.2 Å². The molecule has 2 aliphatic rings. The van der Waals surface area contributed by atoms with Crippen molar-refractivity contribution in [1.82, 2.24) is 25.1 Å². The SMILES string of the molecule is CO[C@@]12CCN(C(=O)O[C@@H](C)C(F)(F)F)[C@@H]1CN(c1nc(C)cc(Nc3ccn[nH]3)n1)C2. The number of nitrogens with one attached hydrogen (secondary N) is 2. The van der Waals surface area contributed by atoms with Crippen molar-refractivity contribution in [3.05, 3.63) is 24.0 Å². The molecule has 13 heteroatoms. The second kappa shape index (κ2) is 8.11. The molecule has 4 rings (SSSR count). The number of methoxy groups -OCH3 is 1. The molecule has 0 spiro atoms. The zero-order chi connectivity index (χ0) is 23.1. The molecular formula is C19H24F3N7O3. The van der Waals surface area contributed by atoms with Crippen LogP contribution in [0.3, 0.4) is 0 Å². The van der Waals surface area contributed by atoms with Gasteiger partial charge in [-0.25, -0.2) is 9.78 Å². The van der Waals surface area contributed by atoms with Crippen LogP contribution in [-0.2, 0) is 9.47 Å². The van der Waals surface area contributed by atoms with Crippen LogP contribution in [0.15, 0.2) is 18.3 Å². The minimum Gasteiger partial charge on any atom is -0.437 e. The standard InChI is InChI=1S/C19H24F3N7O3/c1-11-8-15(25-14-4-6-23-27-14)26-16(24-11)28-9-13-18(10-28,31-3)5-7-29(13)17(30)32-12(2)19(20,21)22/h4,6,8,12-13H,5,7,9-10H2,1-3H3,(H2,23,24,25,26,27)/t12-,13+,18+/m0/s1. The Morgan fingerprint density at radius 3 is 2.84 bits per heavy atom. The number of amides is 1. The Morgan fingerprint density at radius 2 is 2.19 bits per heavy atom. The lowest BCUT2D eigenvalue weighted by atomic mass is 9.98. The molecule has 2 aliphatic heterocycles. The lowest BCUT2D eigenvalue weighted by Gasteiger charge is -2.29. The van der Waals surface area contributed by atoms with E-state index in [1.54, 1.807) is 18.3 Å². The molecule has 0 bridgehead atoms. The molecule has 2 saturated heterocycles. The number of fused-ring (bicyclic) bond motifs is 1. The van der Waals surface area contributed by atoms with Gasteiger partial charge in [-0.1, -0.05) is 0 Å². The van der Waals surface area contributed by atoms with Crippen molar-refractivity contribution in [1.29, 1.82) is 0 Å². The van der Waals surface area contributed by atoms with Crippen LogP contribution in [0.2, 0.25) is 0 Å². The van der Waals surface area contributed by atoms with Gasteiger partial charge in [0.05, 0.1) is 18.8 Å². The highest BCUT2D eigenvalue weighted by Crippen LogP contribution is 2.40. The lowest BCUT2D eigenvalue weighted by Crippen LogP contribution is -2.48. The minimum absolute atomic E-state index is 0.247. The third-order valence-corrected chi connectivity index (χ3v) is 5.88. The van der Waals surface area contributed by atoms with E-state index in [2.05, 4.69) is 30.2 Å². The number of carbonyl (C=O) groups excluding carboxylic acids is 1. The van der Waals surface area contributed by atoms with E-state index in [1.807, 2.05) is 11.8 Å². The van der Waals surface area contributed by atoms with Crippen LogP contribution in [0.1, 0.15) is 19.0 Å². The number of hydrogen-bond donors (Lipinski definition) is 2. The van der Waals surface area contributed by atoms with Crippen LogP contribution >= 0.6 is 0 Å². The van der Waals surface area contributed by atoms with Crippen molar-refractivity contribution in [3.8, 4) is 0 Å². The third kappa shape index (κ3) is 4.16. The van der Waals surface area contributed by atoms with Crippen molar-refractivity contribution < 1.29 is 27.4 Å². The monoisotopic (exact) mass is 455 g/mol. The molecule has 2 aromatic rings. The summed E-state index contributed by atoms with van der Waals surface area (Å²) in [5.41, 5.74) is -0.0271. The number of aromatic nitrogens is 4. The van der Waals surface area contributed by atoms with Crippen molar-refractivity contribution in [2.75, 3.05) is 37.0 Å². The van der Waals surface area contributed by atoms with Gasteiger partial charge in [0.15, 0.2) is 6.10 Å². The van der Waals surface area contributed by atoms with Crippen LogP contribution in [0.5, 0.6) is 0 Å². The second-order valence-corrected chi connectivity index (χ2v) is 7.97. The smallest absolute Gasteiger partial charge is 0.425 e. The van der Waals surface area contributed by atoms with E-state index in [9.17, 15) is 18.0 Å². The number of H-pyrrole nitrogens is 1. The molecule has 0 aliphatic carbocycles. The van der Waals surface area contributed by atoms with Crippen molar-refractivity contribution >= 4 is 23.7 Å². The van der Waals surface area contributed by atoms with Gasteiger partial charge in [0.25, 0.3) is 0 Å². The van der Waals surface area contributed by atoms with E-state index in [1.165, 1.54) is 12.0 Å². The third-order valence-electron chi connectivity index (χ3n) is 5.88. The van der Waals surface area contributed by atoms with Crippen LogP contribution in [0, 0.1) is 6.92 Å². The van der Waals surface area contributed by atoms with Gasteiger partial charge in [-0.15, -0.1) is 0 Å². The highest BCUT2D eigenvalue weighted by atomic mass is 19.4. The van der Waals surface area contributed by atoms with Crippen LogP contribution in [0.4, 0.5) is 35.5 Å². The summed E-state index contributed by atoms with van der Waals surface area (Å²) in [7, 11) is 1.53.